The molecule has 3 aliphatic heterocycles. The van der Waals surface area contributed by atoms with E-state index in [4.69, 9.17) is 38.9 Å². The Balaban J connectivity index is 1.93. The molecule has 0 spiro atoms. The number of amides is 2. The van der Waals surface area contributed by atoms with Crippen molar-refractivity contribution in [1.82, 2.24) is 10.6 Å². The highest BCUT2D eigenvalue weighted by atomic mass is 16.8. The van der Waals surface area contributed by atoms with Gasteiger partial charge in [0.2, 0.25) is 0 Å². The second-order valence-electron chi connectivity index (χ2n) is 12.8. The van der Waals surface area contributed by atoms with Crippen LogP contribution in [0, 0.1) is 0 Å². The number of urea groups is 1. The van der Waals surface area contributed by atoms with Gasteiger partial charge in [-0.1, -0.05) is 13.3 Å². The summed E-state index contributed by atoms with van der Waals surface area (Å²) in [4.78, 5) is 12.1. The summed E-state index contributed by atoms with van der Waals surface area (Å²) in [6, 6.07) is -0.492. The first-order valence-corrected chi connectivity index (χ1v) is 17.0. The molecule has 2 amide bonds. The number of ether oxygens (including phenoxy) is 7. The second kappa shape index (κ2) is 20.2. The summed E-state index contributed by atoms with van der Waals surface area (Å²) in [5, 5.41) is 101. The van der Waals surface area contributed by atoms with Crippen LogP contribution in [-0.4, -0.2) is 196 Å². The van der Waals surface area contributed by atoms with Crippen molar-refractivity contribution in [2.45, 2.75) is 138 Å². The van der Waals surface area contributed by atoms with Crippen molar-refractivity contribution >= 4 is 6.03 Å². The van der Waals surface area contributed by atoms with Gasteiger partial charge in [-0.25, -0.2) is 4.79 Å². The molecule has 50 heavy (non-hydrogen) atoms. The molecular formula is C30H57N3O17. The molecule has 0 aliphatic carbocycles. The van der Waals surface area contributed by atoms with E-state index in [1.807, 2.05) is 0 Å². The minimum Gasteiger partial charge on any atom is -0.394 e. The van der Waals surface area contributed by atoms with E-state index in [0.29, 0.717) is 19.5 Å². The van der Waals surface area contributed by atoms with Gasteiger partial charge in [0.25, 0.3) is 0 Å². The van der Waals surface area contributed by atoms with Crippen LogP contribution >= 0.6 is 0 Å². The van der Waals surface area contributed by atoms with Crippen LogP contribution in [0.15, 0.2) is 0 Å². The van der Waals surface area contributed by atoms with E-state index in [2.05, 4.69) is 10.6 Å². The molecule has 0 aromatic carbocycles. The highest BCUT2D eigenvalue weighted by molar-refractivity contribution is 5.73. The number of rotatable bonds is 18. The maximum Gasteiger partial charge on any atom is 0.314 e. The van der Waals surface area contributed by atoms with Gasteiger partial charge >= 0.3 is 6.03 Å². The number of nitrogens with two attached hydrogens (primary N) is 1. The van der Waals surface area contributed by atoms with Crippen LogP contribution < -0.4 is 16.4 Å². The molecule has 20 nitrogen and oxygen atoms in total. The van der Waals surface area contributed by atoms with Crippen molar-refractivity contribution in [3.05, 3.63) is 0 Å². The van der Waals surface area contributed by atoms with Gasteiger partial charge < -0.3 is 95.5 Å². The Morgan fingerprint density at radius 1 is 0.800 bits per heavy atom. The number of carbonyl (C=O) groups is 1. The Hall–Kier alpha value is -1.41. The van der Waals surface area contributed by atoms with Crippen LogP contribution in [0.4, 0.5) is 4.79 Å². The van der Waals surface area contributed by atoms with Crippen LogP contribution in [0.2, 0.25) is 0 Å². The van der Waals surface area contributed by atoms with Crippen molar-refractivity contribution in [3.63, 3.8) is 0 Å². The molecule has 0 saturated carbocycles. The van der Waals surface area contributed by atoms with Gasteiger partial charge in [0, 0.05) is 13.1 Å². The predicted molar refractivity (Wildman–Crippen MR) is 168 cm³/mol. The van der Waals surface area contributed by atoms with E-state index >= 15 is 0 Å². The predicted octanol–water partition coefficient (Wildman–Crippen LogP) is -5.30. The summed E-state index contributed by atoms with van der Waals surface area (Å²) in [5.74, 6) is 0. The van der Waals surface area contributed by atoms with Gasteiger partial charge in [-0.05, 0) is 33.2 Å². The van der Waals surface area contributed by atoms with E-state index < -0.39 is 124 Å². The largest absolute Gasteiger partial charge is 0.394 e. The van der Waals surface area contributed by atoms with Crippen LogP contribution in [-0.2, 0) is 33.2 Å². The topological polar surface area (TPSA) is 314 Å². The minimum absolute atomic E-state index is 0.0451. The number of nitrogens with one attached hydrogen (secondary N) is 2. The SMILES string of the molecule is CCCC1(O[C@H]2OC(CO)[C@@H](O)C(O)C2O[C@@H]2OC(CO)[C@H](O)C(OC(C)C)[C@H]2O)C(O)[C@H](O)C(CO)O[C@@H]1OCCNC(=O)NCCCN. The molecule has 3 heterocycles. The third-order valence-electron chi connectivity index (χ3n) is 8.75. The molecule has 0 aromatic rings. The second-order valence-corrected chi connectivity index (χ2v) is 12.8. The molecule has 3 fully saturated rings. The third-order valence-corrected chi connectivity index (χ3v) is 8.75. The van der Waals surface area contributed by atoms with Crippen molar-refractivity contribution in [2.24, 2.45) is 5.73 Å². The average molecular weight is 732 g/mol. The zero-order valence-corrected chi connectivity index (χ0v) is 28.6. The summed E-state index contributed by atoms with van der Waals surface area (Å²) in [5.41, 5.74) is 3.41. The fourth-order valence-corrected chi connectivity index (χ4v) is 6.16. The number of aliphatic hydroxyl groups is 9. The maximum atomic E-state index is 12.1. The zero-order chi connectivity index (χ0) is 37.2. The number of hydrogen-bond donors (Lipinski definition) is 12. The lowest BCUT2D eigenvalue weighted by Gasteiger charge is -2.53. The lowest BCUT2D eigenvalue weighted by atomic mass is 9.82. The van der Waals surface area contributed by atoms with E-state index in [1.165, 1.54) is 0 Å². The lowest BCUT2D eigenvalue weighted by molar-refractivity contribution is -0.419. The first-order chi connectivity index (χ1) is 23.8. The first-order valence-electron chi connectivity index (χ1n) is 17.0. The number of aliphatic hydroxyl groups excluding tert-OH is 9. The summed E-state index contributed by atoms with van der Waals surface area (Å²) in [6.07, 6.45) is -22.3. The molecule has 3 rings (SSSR count). The fraction of sp³-hybridized carbons (Fsp3) is 0.967. The molecule has 0 bridgehead atoms. The number of hydrogen-bond acceptors (Lipinski definition) is 18. The van der Waals surface area contributed by atoms with Crippen LogP contribution in [0.25, 0.3) is 0 Å². The highest BCUT2D eigenvalue weighted by Crippen LogP contribution is 2.41. The van der Waals surface area contributed by atoms with Crippen molar-refractivity contribution in [2.75, 3.05) is 46.1 Å². The van der Waals surface area contributed by atoms with E-state index in [0.717, 1.165) is 0 Å². The lowest BCUT2D eigenvalue weighted by Crippen LogP contribution is -2.71. The average Bonchev–Trinajstić information content (AvgIpc) is 3.09. The van der Waals surface area contributed by atoms with Gasteiger partial charge in [0.1, 0.15) is 67.1 Å². The number of carbonyl (C=O) groups excluding carboxylic acids is 1. The zero-order valence-electron chi connectivity index (χ0n) is 28.6. The fourth-order valence-electron chi connectivity index (χ4n) is 6.16. The molecule has 20 heteroatoms. The monoisotopic (exact) mass is 731 g/mol. The quantitative estimate of drug-likeness (QED) is 0.0586. The Bertz CT molecular complexity index is 1000. The third kappa shape index (κ3) is 10.2. The molecular weight excluding hydrogens is 674 g/mol. The van der Waals surface area contributed by atoms with E-state index in [-0.39, 0.29) is 26.0 Å². The Kier molecular flexibility index (Phi) is 17.3. The minimum atomic E-state index is -2.03. The first kappa shape index (κ1) is 43.0. The molecule has 13 N–H and O–H groups in total. The summed E-state index contributed by atoms with van der Waals surface area (Å²) in [6.45, 7) is 3.28. The Morgan fingerprint density at radius 3 is 2.00 bits per heavy atom. The summed E-state index contributed by atoms with van der Waals surface area (Å²) >= 11 is 0. The molecule has 8 unspecified atom stereocenters. The van der Waals surface area contributed by atoms with Crippen LogP contribution in [0.1, 0.15) is 40.0 Å². The highest BCUT2D eigenvalue weighted by Gasteiger charge is 2.60. The van der Waals surface area contributed by atoms with Gasteiger partial charge in [0.05, 0.1) is 32.5 Å². The van der Waals surface area contributed by atoms with Crippen molar-refractivity contribution in [3.8, 4) is 0 Å². The smallest absolute Gasteiger partial charge is 0.314 e. The standard InChI is InChI=1S/C30H57N3O17/c1-4-6-30(25(42)20(39)17(13-36)48-28(30)44-10-9-33-29(43)32-8-5-7-31)50-27-24(21(40)18(37)15(11-34)47-27)49-26-22(41)23(45-14(2)3)19(38)16(12-35)46-26/h14-28,34-42H,4-13,31H2,1-3H3,(H2,32,33,43)/t15?,16?,17?,18-,19+,20-,21?,22-,23?,24?,25?,26+,27-,28+,30?/m1/s1. The van der Waals surface area contributed by atoms with Gasteiger partial charge in [0.15, 0.2) is 24.5 Å². The van der Waals surface area contributed by atoms with Crippen molar-refractivity contribution in [1.29, 1.82) is 0 Å². The van der Waals surface area contributed by atoms with E-state index in [9.17, 15) is 50.8 Å². The Morgan fingerprint density at radius 2 is 1.40 bits per heavy atom. The van der Waals surface area contributed by atoms with Crippen molar-refractivity contribution < 1.29 is 83.9 Å². The van der Waals surface area contributed by atoms with Crippen LogP contribution in [0.3, 0.4) is 0 Å². The molecule has 15 atom stereocenters. The van der Waals surface area contributed by atoms with Gasteiger partial charge in [-0.15, -0.1) is 0 Å². The van der Waals surface area contributed by atoms with Crippen LogP contribution in [0.5, 0.6) is 0 Å². The molecule has 3 saturated heterocycles. The summed E-state index contributed by atoms with van der Waals surface area (Å²) in [7, 11) is 0. The summed E-state index contributed by atoms with van der Waals surface area (Å²) < 4.78 is 41.2. The molecule has 3 aliphatic rings. The molecule has 0 aromatic heterocycles. The maximum absolute atomic E-state index is 12.1. The van der Waals surface area contributed by atoms with E-state index in [1.54, 1.807) is 20.8 Å². The normalized spacial score (nSPS) is 40.9. The van der Waals surface area contributed by atoms with Gasteiger partial charge in [-0.2, -0.15) is 0 Å². The molecule has 294 valence electrons. The van der Waals surface area contributed by atoms with Gasteiger partial charge in [-0.3, -0.25) is 0 Å². The Labute approximate surface area is 290 Å². The molecule has 0 radical (unpaired) electrons.